The molecule has 0 bridgehead atoms. The molecule has 2 aromatic heterocycles. The lowest BCUT2D eigenvalue weighted by molar-refractivity contribution is 0.250. The van der Waals surface area contributed by atoms with Crippen molar-refractivity contribution in [2.24, 2.45) is 0 Å². The van der Waals surface area contributed by atoms with Gasteiger partial charge in [0.05, 0.1) is 11.3 Å². The summed E-state index contributed by atoms with van der Waals surface area (Å²) in [5.74, 6) is 1.59. The Morgan fingerprint density at radius 3 is 2.22 bits per heavy atom. The maximum Gasteiger partial charge on any atom is 0.242 e. The van der Waals surface area contributed by atoms with E-state index in [-0.39, 0.29) is 5.75 Å². The van der Waals surface area contributed by atoms with Crippen molar-refractivity contribution in [2.45, 2.75) is 26.3 Å². The van der Waals surface area contributed by atoms with Gasteiger partial charge >= 0.3 is 0 Å². The van der Waals surface area contributed by atoms with E-state index in [1.54, 1.807) is 6.20 Å². The molecule has 1 aliphatic heterocycles. The van der Waals surface area contributed by atoms with Crippen LogP contribution in [-0.4, -0.2) is 54.2 Å². The minimum absolute atomic E-state index is 0.0755. The molecule has 0 saturated carbocycles. The molecule has 1 saturated heterocycles. The Hall–Kier alpha value is -3.42. The molecule has 194 valence electrons. The van der Waals surface area contributed by atoms with Gasteiger partial charge in [-0.05, 0) is 35.2 Å². The number of benzene rings is 2. The Kier molecular flexibility index (Phi) is 8.79. The fraction of sp³-hybridized carbons (Fsp3) is 0.300. The molecule has 4 aromatic rings. The first-order valence-electron chi connectivity index (χ1n) is 12.8. The maximum atomic E-state index is 12.6. The number of aromatic nitrogens is 2. The number of para-hydroxylation sites is 1. The first-order valence-corrected chi connectivity index (χ1v) is 14.4. The van der Waals surface area contributed by atoms with E-state index in [4.69, 9.17) is 0 Å². The lowest BCUT2D eigenvalue weighted by atomic mass is 10.0. The molecular weight excluding hydrogens is 480 g/mol. The quantitative estimate of drug-likeness (QED) is 0.302. The van der Waals surface area contributed by atoms with E-state index in [1.807, 2.05) is 54.7 Å². The van der Waals surface area contributed by atoms with Crippen LogP contribution < -0.4 is 4.90 Å². The zero-order valence-electron chi connectivity index (χ0n) is 21.7. The number of rotatable bonds is 7. The molecule has 5 rings (SSSR count). The second-order valence-corrected chi connectivity index (χ2v) is 11.4. The average Bonchev–Trinajstić information content (AvgIpc) is 3.30. The summed E-state index contributed by atoms with van der Waals surface area (Å²) in [5, 5.41) is 0.988. The van der Waals surface area contributed by atoms with E-state index in [2.05, 4.69) is 59.5 Å². The Balaban J connectivity index is 0.000000301. The zero-order chi connectivity index (χ0) is 26.3. The number of piperazine rings is 1. The highest BCUT2D eigenvalue weighted by Gasteiger charge is 2.22. The molecule has 0 atom stereocenters. The average molecular weight is 517 g/mol. The van der Waals surface area contributed by atoms with Crippen LogP contribution in [0.5, 0.6) is 0 Å². The van der Waals surface area contributed by atoms with Gasteiger partial charge in [-0.3, -0.25) is 4.90 Å². The van der Waals surface area contributed by atoms with Crippen molar-refractivity contribution in [1.29, 1.82) is 0 Å². The van der Waals surface area contributed by atoms with Crippen LogP contribution in [0.3, 0.4) is 0 Å². The second kappa shape index (κ2) is 12.2. The smallest absolute Gasteiger partial charge is 0.242 e. The standard InChI is InChI=1S/C21H24N4O2S.C9H12/c1-2-15-28(26,27)25-17-18(19-7-3-4-8-20(19)25)16-23-11-13-24(14-12-23)21-9-5-6-10-22-21;1-8(2)9-6-4-3-5-7-9/h2-10,17H,1,11-16H2;3-8H,1-2H3. The first kappa shape index (κ1) is 26.6. The molecule has 37 heavy (non-hydrogen) atoms. The minimum Gasteiger partial charge on any atom is -0.354 e. The lowest BCUT2D eigenvalue weighted by Gasteiger charge is -2.35. The van der Waals surface area contributed by atoms with Crippen molar-refractivity contribution in [3.05, 3.63) is 109 Å². The van der Waals surface area contributed by atoms with Crippen molar-refractivity contribution < 1.29 is 8.42 Å². The molecule has 1 fully saturated rings. The largest absolute Gasteiger partial charge is 0.354 e. The minimum atomic E-state index is -3.44. The summed E-state index contributed by atoms with van der Waals surface area (Å²) in [6, 6.07) is 24.2. The Morgan fingerprint density at radius 1 is 0.919 bits per heavy atom. The van der Waals surface area contributed by atoms with Gasteiger partial charge in [0.25, 0.3) is 0 Å². The van der Waals surface area contributed by atoms with Gasteiger partial charge in [0, 0.05) is 50.5 Å². The number of anilines is 1. The summed E-state index contributed by atoms with van der Waals surface area (Å²) in [7, 11) is -3.44. The topological polar surface area (TPSA) is 58.4 Å². The van der Waals surface area contributed by atoms with Gasteiger partial charge in [-0.1, -0.05) is 74.5 Å². The summed E-state index contributed by atoms with van der Waals surface area (Å²) >= 11 is 0. The van der Waals surface area contributed by atoms with Gasteiger partial charge in [0.1, 0.15) is 5.82 Å². The van der Waals surface area contributed by atoms with Crippen LogP contribution in [0.4, 0.5) is 5.82 Å². The molecule has 0 radical (unpaired) electrons. The number of fused-ring (bicyclic) bond motifs is 1. The van der Waals surface area contributed by atoms with E-state index in [0.29, 0.717) is 5.92 Å². The van der Waals surface area contributed by atoms with E-state index in [1.165, 1.54) is 15.6 Å². The summed E-state index contributed by atoms with van der Waals surface area (Å²) in [4.78, 5) is 9.08. The molecule has 0 aliphatic carbocycles. The molecule has 2 aromatic carbocycles. The number of hydrogen-bond donors (Lipinski definition) is 0. The normalized spacial score (nSPS) is 14.4. The second-order valence-electron chi connectivity index (χ2n) is 9.55. The molecule has 3 heterocycles. The predicted octanol–water partition coefficient (Wildman–Crippen LogP) is 5.53. The Labute approximate surface area is 220 Å². The first-order chi connectivity index (χ1) is 17.9. The number of pyridine rings is 1. The van der Waals surface area contributed by atoms with Crippen LogP contribution >= 0.6 is 0 Å². The van der Waals surface area contributed by atoms with Crippen molar-refractivity contribution in [3.63, 3.8) is 0 Å². The van der Waals surface area contributed by atoms with E-state index >= 15 is 0 Å². The third kappa shape index (κ3) is 6.67. The predicted molar refractivity (Wildman–Crippen MR) is 154 cm³/mol. The van der Waals surface area contributed by atoms with Crippen molar-refractivity contribution >= 4 is 26.7 Å². The summed E-state index contributed by atoms with van der Waals surface area (Å²) < 4.78 is 26.6. The number of nitrogens with zero attached hydrogens (tertiary/aromatic N) is 4. The summed E-state index contributed by atoms with van der Waals surface area (Å²) in [6.45, 7) is 12.3. The third-order valence-electron chi connectivity index (χ3n) is 6.59. The van der Waals surface area contributed by atoms with Crippen molar-refractivity contribution in [1.82, 2.24) is 13.9 Å². The van der Waals surface area contributed by atoms with Crippen LogP contribution in [0.25, 0.3) is 10.9 Å². The zero-order valence-corrected chi connectivity index (χ0v) is 22.5. The Morgan fingerprint density at radius 2 is 1.59 bits per heavy atom. The van der Waals surface area contributed by atoms with Crippen LogP contribution in [0.2, 0.25) is 0 Å². The van der Waals surface area contributed by atoms with E-state index < -0.39 is 10.0 Å². The molecule has 6 nitrogen and oxygen atoms in total. The third-order valence-corrected chi connectivity index (χ3v) is 8.15. The SMILES string of the molecule is C=CCS(=O)(=O)n1cc(CN2CCN(c3ccccn3)CC2)c2ccccc21.CC(C)c1ccccc1. The van der Waals surface area contributed by atoms with Gasteiger partial charge in [-0.25, -0.2) is 17.4 Å². The van der Waals surface area contributed by atoms with Crippen LogP contribution in [0.1, 0.15) is 30.9 Å². The number of hydrogen-bond acceptors (Lipinski definition) is 5. The monoisotopic (exact) mass is 516 g/mol. The molecule has 0 amide bonds. The van der Waals surface area contributed by atoms with Crippen molar-refractivity contribution in [2.75, 3.05) is 36.8 Å². The molecule has 1 aliphatic rings. The highest BCUT2D eigenvalue weighted by Crippen LogP contribution is 2.25. The highest BCUT2D eigenvalue weighted by atomic mass is 32.2. The molecular formula is C30H36N4O2S. The highest BCUT2D eigenvalue weighted by molar-refractivity contribution is 7.90. The van der Waals surface area contributed by atoms with Gasteiger partial charge in [-0.2, -0.15) is 0 Å². The summed E-state index contributed by atoms with van der Waals surface area (Å²) in [6.07, 6.45) is 5.02. The van der Waals surface area contributed by atoms with Gasteiger partial charge < -0.3 is 4.90 Å². The molecule has 7 heteroatoms. The molecule has 0 N–H and O–H groups in total. The van der Waals surface area contributed by atoms with Crippen LogP contribution in [-0.2, 0) is 16.6 Å². The van der Waals surface area contributed by atoms with E-state index in [0.717, 1.165) is 55.0 Å². The molecule has 0 spiro atoms. The summed E-state index contributed by atoms with van der Waals surface area (Å²) in [5.41, 5.74) is 3.18. The van der Waals surface area contributed by atoms with Crippen LogP contribution in [0, 0.1) is 0 Å². The fourth-order valence-corrected chi connectivity index (χ4v) is 5.76. The van der Waals surface area contributed by atoms with Gasteiger partial charge in [0.15, 0.2) is 0 Å². The fourth-order valence-electron chi connectivity index (χ4n) is 4.56. The van der Waals surface area contributed by atoms with Crippen LogP contribution in [0.15, 0.2) is 97.8 Å². The van der Waals surface area contributed by atoms with Crippen molar-refractivity contribution in [3.8, 4) is 0 Å². The Bertz CT molecular complexity index is 1390. The maximum absolute atomic E-state index is 12.6. The molecule has 0 unspecified atom stereocenters. The lowest BCUT2D eigenvalue weighted by Crippen LogP contribution is -2.46. The van der Waals surface area contributed by atoms with Gasteiger partial charge in [0.2, 0.25) is 10.0 Å². The van der Waals surface area contributed by atoms with E-state index in [9.17, 15) is 8.42 Å². The van der Waals surface area contributed by atoms with Gasteiger partial charge in [-0.15, -0.1) is 6.58 Å².